The molecule has 1 aliphatic heterocycles. The van der Waals surface area contributed by atoms with Crippen LogP contribution in [0.5, 0.6) is 5.75 Å². The maximum Gasteiger partial charge on any atom is 0.270 e. The third-order valence-electron chi connectivity index (χ3n) is 2.98. The van der Waals surface area contributed by atoms with E-state index in [4.69, 9.17) is 4.74 Å². The van der Waals surface area contributed by atoms with E-state index >= 15 is 0 Å². The largest absolute Gasteiger partial charge is 0.490 e. The predicted octanol–water partition coefficient (Wildman–Crippen LogP) is 2.20. The van der Waals surface area contributed by atoms with Gasteiger partial charge in [-0.25, -0.2) is 4.39 Å². The lowest BCUT2D eigenvalue weighted by Gasteiger charge is -2.24. The van der Waals surface area contributed by atoms with Crippen molar-refractivity contribution in [1.82, 2.24) is 5.32 Å². The Hall–Kier alpha value is -1.69. The van der Waals surface area contributed by atoms with Gasteiger partial charge in [-0.1, -0.05) is 0 Å². The number of rotatable bonds is 4. The molecule has 0 unspecified atom stereocenters. The Morgan fingerprint density at radius 1 is 1.44 bits per heavy atom. The fourth-order valence-corrected chi connectivity index (χ4v) is 1.99. The Labute approximate surface area is 104 Å². The molecule has 98 valence electrons. The third-order valence-corrected chi connectivity index (χ3v) is 2.98. The number of piperidine rings is 1. The molecule has 6 heteroatoms. The highest BCUT2D eigenvalue weighted by atomic mass is 19.1. The van der Waals surface area contributed by atoms with Crippen LogP contribution in [0.15, 0.2) is 18.2 Å². The molecule has 1 heterocycles. The quantitative estimate of drug-likeness (QED) is 0.660. The summed E-state index contributed by atoms with van der Waals surface area (Å²) in [6, 6.07) is 4.06. The van der Waals surface area contributed by atoms with Crippen LogP contribution in [-0.4, -0.2) is 24.1 Å². The molecule has 0 amide bonds. The standard InChI is InChI=1S/C12H15FN2O3/c13-8-9-7-10(15(16)17)1-2-12(9)18-11-3-5-14-6-4-11/h1-2,7,11,14H,3-6,8H2. The number of nitro groups is 1. The summed E-state index contributed by atoms with van der Waals surface area (Å²) in [7, 11) is 0. The van der Waals surface area contributed by atoms with Crippen LogP contribution in [0, 0.1) is 10.1 Å². The minimum Gasteiger partial charge on any atom is -0.490 e. The molecule has 5 nitrogen and oxygen atoms in total. The van der Waals surface area contributed by atoms with E-state index in [-0.39, 0.29) is 17.4 Å². The molecule has 0 aromatic heterocycles. The third kappa shape index (κ3) is 2.95. The van der Waals surface area contributed by atoms with Gasteiger partial charge in [-0.3, -0.25) is 10.1 Å². The van der Waals surface area contributed by atoms with Crippen LogP contribution in [-0.2, 0) is 6.67 Å². The van der Waals surface area contributed by atoms with Gasteiger partial charge in [0.15, 0.2) is 0 Å². The lowest BCUT2D eigenvalue weighted by Crippen LogP contribution is -2.34. The zero-order chi connectivity index (χ0) is 13.0. The molecule has 0 bridgehead atoms. The number of hydrogen-bond donors (Lipinski definition) is 1. The number of benzene rings is 1. The highest BCUT2D eigenvalue weighted by molar-refractivity contribution is 5.43. The zero-order valence-electron chi connectivity index (χ0n) is 9.89. The first-order valence-corrected chi connectivity index (χ1v) is 5.91. The van der Waals surface area contributed by atoms with Gasteiger partial charge in [0.1, 0.15) is 18.5 Å². The van der Waals surface area contributed by atoms with Crippen molar-refractivity contribution in [2.75, 3.05) is 13.1 Å². The number of nitro benzene ring substituents is 1. The maximum atomic E-state index is 12.9. The molecule has 0 spiro atoms. The Bertz CT molecular complexity index is 433. The van der Waals surface area contributed by atoms with E-state index in [9.17, 15) is 14.5 Å². The van der Waals surface area contributed by atoms with E-state index in [0.717, 1.165) is 25.9 Å². The van der Waals surface area contributed by atoms with Crippen molar-refractivity contribution in [3.63, 3.8) is 0 Å². The summed E-state index contributed by atoms with van der Waals surface area (Å²) < 4.78 is 18.6. The predicted molar refractivity (Wildman–Crippen MR) is 64.4 cm³/mol. The molecule has 1 aliphatic rings. The number of halogens is 1. The summed E-state index contributed by atoms with van der Waals surface area (Å²) in [5.74, 6) is 0.412. The fourth-order valence-electron chi connectivity index (χ4n) is 1.99. The maximum absolute atomic E-state index is 12.9. The summed E-state index contributed by atoms with van der Waals surface area (Å²) in [5.41, 5.74) is 0.128. The average Bonchev–Trinajstić information content (AvgIpc) is 2.40. The summed E-state index contributed by atoms with van der Waals surface area (Å²) in [6.07, 6.45) is 1.78. The zero-order valence-corrected chi connectivity index (χ0v) is 9.89. The lowest BCUT2D eigenvalue weighted by molar-refractivity contribution is -0.385. The van der Waals surface area contributed by atoms with Crippen LogP contribution in [0.4, 0.5) is 10.1 Å². The van der Waals surface area contributed by atoms with E-state index < -0.39 is 11.6 Å². The molecule has 0 atom stereocenters. The minimum absolute atomic E-state index is 0.0537. The van der Waals surface area contributed by atoms with Crippen molar-refractivity contribution < 1.29 is 14.1 Å². The molecule has 1 N–H and O–H groups in total. The molecule has 0 saturated carbocycles. The first-order chi connectivity index (χ1) is 8.70. The number of hydrogen-bond acceptors (Lipinski definition) is 4. The number of ether oxygens (including phenoxy) is 1. The molecule has 1 fully saturated rings. The molecular weight excluding hydrogens is 239 g/mol. The minimum atomic E-state index is -0.762. The van der Waals surface area contributed by atoms with E-state index in [0.29, 0.717) is 5.75 Å². The van der Waals surface area contributed by atoms with Crippen molar-refractivity contribution >= 4 is 5.69 Å². The normalized spacial score (nSPS) is 16.5. The molecule has 18 heavy (non-hydrogen) atoms. The molecule has 1 aromatic rings. The fraction of sp³-hybridized carbons (Fsp3) is 0.500. The van der Waals surface area contributed by atoms with Crippen LogP contribution in [0.2, 0.25) is 0 Å². The van der Waals surface area contributed by atoms with Gasteiger partial charge in [0.2, 0.25) is 0 Å². The highest BCUT2D eigenvalue weighted by Crippen LogP contribution is 2.27. The van der Waals surface area contributed by atoms with Gasteiger partial charge < -0.3 is 10.1 Å². The number of nitrogens with zero attached hydrogens (tertiary/aromatic N) is 1. The number of non-ortho nitro benzene ring substituents is 1. The Morgan fingerprint density at radius 2 is 2.17 bits per heavy atom. The van der Waals surface area contributed by atoms with Crippen LogP contribution >= 0.6 is 0 Å². The van der Waals surface area contributed by atoms with Gasteiger partial charge in [0.25, 0.3) is 5.69 Å². The average molecular weight is 254 g/mol. The summed E-state index contributed by atoms with van der Waals surface area (Å²) in [5, 5.41) is 13.8. The first-order valence-electron chi connectivity index (χ1n) is 5.91. The van der Waals surface area contributed by atoms with Crippen LogP contribution in [0.1, 0.15) is 18.4 Å². The van der Waals surface area contributed by atoms with Gasteiger partial charge in [0, 0.05) is 17.7 Å². The van der Waals surface area contributed by atoms with Crippen molar-refractivity contribution in [2.24, 2.45) is 0 Å². The van der Waals surface area contributed by atoms with Crippen molar-refractivity contribution in [1.29, 1.82) is 0 Å². The number of nitrogens with one attached hydrogen (secondary N) is 1. The monoisotopic (exact) mass is 254 g/mol. The first kappa shape index (κ1) is 12.8. The lowest BCUT2D eigenvalue weighted by atomic mass is 10.1. The van der Waals surface area contributed by atoms with Gasteiger partial charge in [-0.2, -0.15) is 0 Å². The summed E-state index contributed by atoms with van der Waals surface area (Å²) >= 11 is 0. The highest BCUT2D eigenvalue weighted by Gasteiger charge is 2.18. The van der Waals surface area contributed by atoms with Crippen molar-refractivity contribution in [3.8, 4) is 5.75 Å². The smallest absolute Gasteiger partial charge is 0.270 e. The van der Waals surface area contributed by atoms with Gasteiger partial charge in [0.05, 0.1) is 4.92 Å². The molecule has 2 rings (SSSR count). The molecule has 1 aromatic carbocycles. The van der Waals surface area contributed by atoms with E-state index in [1.165, 1.54) is 18.2 Å². The Balaban J connectivity index is 2.13. The molecule has 0 aliphatic carbocycles. The van der Waals surface area contributed by atoms with E-state index in [2.05, 4.69) is 5.32 Å². The molecule has 1 saturated heterocycles. The van der Waals surface area contributed by atoms with Crippen LogP contribution in [0.3, 0.4) is 0 Å². The second kappa shape index (κ2) is 5.77. The van der Waals surface area contributed by atoms with Crippen LogP contribution in [0.25, 0.3) is 0 Å². The van der Waals surface area contributed by atoms with E-state index in [1.54, 1.807) is 0 Å². The van der Waals surface area contributed by atoms with E-state index in [1.807, 2.05) is 0 Å². The van der Waals surface area contributed by atoms with Crippen molar-refractivity contribution in [3.05, 3.63) is 33.9 Å². The number of alkyl halides is 1. The van der Waals surface area contributed by atoms with Crippen molar-refractivity contribution in [2.45, 2.75) is 25.6 Å². The van der Waals surface area contributed by atoms with Gasteiger partial charge in [-0.05, 0) is 32.0 Å². The topological polar surface area (TPSA) is 64.4 Å². The Kier molecular flexibility index (Phi) is 4.09. The second-order valence-electron chi connectivity index (χ2n) is 4.25. The Morgan fingerprint density at radius 3 is 2.78 bits per heavy atom. The second-order valence-corrected chi connectivity index (χ2v) is 4.25. The van der Waals surface area contributed by atoms with Crippen LogP contribution < -0.4 is 10.1 Å². The summed E-state index contributed by atoms with van der Waals surface area (Å²) in [6.45, 7) is 0.993. The van der Waals surface area contributed by atoms with Gasteiger partial charge >= 0.3 is 0 Å². The molecule has 0 radical (unpaired) electrons. The van der Waals surface area contributed by atoms with Gasteiger partial charge in [-0.15, -0.1) is 0 Å². The SMILES string of the molecule is O=[N+]([O-])c1ccc(OC2CCNCC2)c(CF)c1. The molecular formula is C12H15FN2O3. The summed E-state index contributed by atoms with van der Waals surface area (Å²) in [4.78, 5) is 10.1.